The largest absolute Gasteiger partial charge is 0.370 e. The van der Waals surface area contributed by atoms with Crippen LogP contribution in [0.15, 0.2) is 48.5 Å². The molecule has 3 aliphatic carbocycles. The van der Waals surface area contributed by atoms with Crippen LogP contribution in [0.3, 0.4) is 0 Å². The zero-order valence-electron chi connectivity index (χ0n) is 19.6. The van der Waals surface area contributed by atoms with Crippen LogP contribution < -0.4 is 5.32 Å². The molecule has 4 bridgehead atoms. The molecule has 172 valence electrons. The molecule has 1 amide bonds. The zero-order chi connectivity index (χ0) is 22.3. The van der Waals surface area contributed by atoms with Gasteiger partial charge in [0.2, 0.25) is 0 Å². The van der Waals surface area contributed by atoms with Crippen molar-refractivity contribution in [3.8, 4) is 0 Å². The molecule has 2 saturated carbocycles. The van der Waals surface area contributed by atoms with E-state index in [2.05, 4.69) is 35.3 Å². The Morgan fingerprint density at radius 2 is 1.97 bits per heavy atom. The van der Waals surface area contributed by atoms with E-state index in [1.807, 2.05) is 30.3 Å². The number of nitrogens with zero attached hydrogens (tertiary/aromatic N) is 1. The van der Waals surface area contributed by atoms with Crippen LogP contribution >= 0.6 is 0 Å². The lowest BCUT2D eigenvalue weighted by atomic mass is 9.45. The van der Waals surface area contributed by atoms with Gasteiger partial charge in [0.25, 0.3) is 5.91 Å². The van der Waals surface area contributed by atoms with Gasteiger partial charge in [0.15, 0.2) is 0 Å². The lowest BCUT2D eigenvalue weighted by Crippen LogP contribution is -2.81. The highest BCUT2D eigenvalue weighted by atomic mass is 16.5. The number of hydrogen-bond acceptors (Lipinski definition) is 3. The van der Waals surface area contributed by atoms with Gasteiger partial charge >= 0.3 is 0 Å². The molecule has 0 radical (unpaired) electrons. The smallest absolute Gasteiger partial charge is 0.251 e. The Kier molecular flexibility index (Phi) is 4.24. The van der Waals surface area contributed by atoms with Crippen LogP contribution in [0.5, 0.6) is 0 Å². The monoisotopic (exact) mass is 442 g/mol. The summed E-state index contributed by atoms with van der Waals surface area (Å²) in [6, 6.07) is 17.2. The quantitative estimate of drug-likeness (QED) is 0.763. The van der Waals surface area contributed by atoms with E-state index >= 15 is 0 Å². The van der Waals surface area contributed by atoms with Crippen molar-refractivity contribution in [2.24, 2.45) is 5.92 Å². The summed E-state index contributed by atoms with van der Waals surface area (Å²) in [5, 5.41) is 3.49. The van der Waals surface area contributed by atoms with Crippen molar-refractivity contribution in [1.29, 1.82) is 0 Å². The van der Waals surface area contributed by atoms with Crippen molar-refractivity contribution in [3.05, 3.63) is 70.8 Å². The molecule has 3 heterocycles. The van der Waals surface area contributed by atoms with Crippen molar-refractivity contribution in [3.63, 3.8) is 0 Å². The third-order valence-electron chi connectivity index (χ3n) is 9.63. The first-order valence-electron chi connectivity index (χ1n) is 12.9. The number of nitrogens with one attached hydrogen (secondary N) is 1. The summed E-state index contributed by atoms with van der Waals surface area (Å²) in [7, 11) is 0. The molecule has 4 heteroatoms. The second-order valence-electron chi connectivity index (χ2n) is 11.6. The zero-order valence-corrected chi connectivity index (χ0v) is 19.6. The minimum atomic E-state index is -0.282. The van der Waals surface area contributed by atoms with Crippen molar-refractivity contribution in [2.45, 2.75) is 74.5 Å². The fourth-order valence-electron chi connectivity index (χ4n) is 7.92. The molecule has 5 fully saturated rings. The predicted octanol–water partition coefficient (Wildman–Crippen LogP) is 4.39. The van der Waals surface area contributed by atoms with Crippen LogP contribution in [0.25, 0.3) is 0 Å². The average molecular weight is 443 g/mol. The van der Waals surface area contributed by atoms with E-state index in [1.165, 1.54) is 36.1 Å². The van der Waals surface area contributed by atoms with E-state index in [4.69, 9.17) is 4.74 Å². The van der Waals surface area contributed by atoms with Crippen LogP contribution in [0, 0.1) is 12.8 Å². The molecule has 3 aliphatic heterocycles. The fraction of sp³-hybridized carbons (Fsp3) is 0.552. The minimum absolute atomic E-state index is 0.00219. The van der Waals surface area contributed by atoms with Gasteiger partial charge in [-0.25, -0.2) is 0 Å². The second-order valence-corrected chi connectivity index (χ2v) is 11.6. The molecule has 0 aromatic heterocycles. The maximum atomic E-state index is 13.2. The summed E-state index contributed by atoms with van der Waals surface area (Å²) < 4.78 is 7.04. The summed E-state index contributed by atoms with van der Waals surface area (Å²) in [4.78, 5) is 16.0. The molecule has 2 aromatic carbocycles. The molecule has 4 nitrogen and oxygen atoms in total. The molecule has 2 aromatic rings. The van der Waals surface area contributed by atoms with Gasteiger partial charge in [-0.1, -0.05) is 42.0 Å². The Balaban J connectivity index is 1.29. The molecular weight excluding hydrogens is 408 g/mol. The van der Waals surface area contributed by atoms with Crippen LogP contribution in [0.1, 0.15) is 65.6 Å². The second kappa shape index (κ2) is 6.93. The first-order chi connectivity index (χ1) is 16.0. The van der Waals surface area contributed by atoms with Gasteiger partial charge in [-0.2, -0.15) is 0 Å². The van der Waals surface area contributed by atoms with Crippen molar-refractivity contribution in [2.75, 3.05) is 19.7 Å². The molecule has 8 rings (SSSR count). The molecule has 33 heavy (non-hydrogen) atoms. The van der Waals surface area contributed by atoms with E-state index < -0.39 is 0 Å². The molecular formula is C29H34N2O2. The third kappa shape index (κ3) is 2.86. The SMILES string of the molecule is Cc1ccc2c(c1)[C@]13CCN(CC4CC4)[C@H](C2)[C@]12CC[C@@](NC(=O)c1ccccc1)(CO2)C3. The predicted molar refractivity (Wildman–Crippen MR) is 128 cm³/mol. The van der Waals surface area contributed by atoms with Gasteiger partial charge in [0.05, 0.1) is 17.7 Å². The lowest BCUT2D eigenvalue weighted by molar-refractivity contribution is -0.261. The van der Waals surface area contributed by atoms with E-state index in [9.17, 15) is 4.79 Å². The number of carbonyl (C=O) groups excluding carboxylic acids is 1. The van der Waals surface area contributed by atoms with Crippen LogP contribution in [-0.2, 0) is 16.6 Å². The number of fused-ring (bicyclic) bond motifs is 3. The Labute approximate surface area is 196 Å². The number of piperidine rings is 1. The number of aryl methyl sites for hydroxylation is 1. The number of carbonyl (C=O) groups is 1. The van der Waals surface area contributed by atoms with Gasteiger partial charge in [0, 0.05) is 23.6 Å². The van der Waals surface area contributed by atoms with E-state index in [1.54, 1.807) is 0 Å². The third-order valence-corrected chi connectivity index (χ3v) is 9.63. The van der Waals surface area contributed by atoms with Crippen molar-refractivity contribution >= 4 is 5.91 Å². The van der Waals surface area contributed by atoms with Gasteiger partial charge < -0.3 is 10.1 Å². The van der Waals surface area contributed by atoms with Gasteiger partial charge in [-0.15, -0.1) is 0 Å². The summed E-state index contributed by atoms with van der Waals surface area (Å²) in [6.45, 7) is 5.25. The summed E-state index contributed by atoms with van der Waals surface area (Å²) in [6.07, 6.45) is 8.09. The number of amides is 1. The number of hydrogen-bond donors (Lipinski definition) is 1. The van der Waals surface area contributed by atoms with Crippen molar-refractivity contribution in [1.82, 2.24) is 10.2 Å². The van der Waals surface area contributed by atoms with Gasteiger partial charge in [0.1, 0.15) is 0 Å². The Morgan fingerprint density at radius 3 is 2.73 bits per heavy atom. The summed E-state index contributed by atoms with van der Waals surface area (Å²) in [5.41, 5.74) is 4.71. The highest BCUT2D eigenvalue weighted by Gasteiger charge is 2.71. The first kappa shape index (κ1) is 20.2. The minimum Gasteiger partial charge on any atom is -0.370 e. The summed E-state index contributed by atoms with van der Waals surface area (Å²) in [5.74, 6) is 0.928. The topological polar surface area (TPSA) is 41.6 Å². The first-order valence-corrected chi connectivity index (χ1v) is 12.9. The van der Waals surface area contributed by atoms with Crippen LogP contribution in [0.2, 0.25) is 0 Å². The van der Waals surface area contributed by atoms with Gasteiger partial charge in [-0.05, 0) is 87.6 Å². The molecule has 1 spiro atoms. The van der Waals surface area contributed by atoms with Crippen molar-refractivity contribution < 1.29 is 9.53 Å². The standard InChI is InChI=1S/C29H34N2O2/c1-20-7-10-23-16-25-29-12-11-27(19-33-29,30-26(32)22-5-3-2-4-6-22)18-28(29,24(23)15-20)13-14-31(25)17-21-8-9-21/h2-7,10,15,21,25H,8-9,11-14,16-19H2,1H3,(H,30,32)/t25-,27+,28-,29-/m1/s1. The number of rotatable bonds is 4. The Hall–Kier alpha value is -2.17. The lowest BCUT2D eigenvalue weighted by Gasteiger charge is -2.71. The molecule has 1 N–H and O–H groups in total. The highest BCUT2D eigenvalue weighted by molar-refractivity contribution is 5.94. The van der Waals surface area contributed by atoms with E-state index in [0.29, 0.717) is 12.6 Å². The molecule has 0 unspecified atom stereocenters. The highest BCUT2D eigenvalue weighted by Crippen LogP contribution is 2.64. The van der Waals surface area contributed by atoms with E-state index in [-0.39, 0.29) is 22.5 Å². The number of benzene rings is 2. The van der Waals surface area contributed by atoms with Crippen LogP contribution in [0.4, 0.5) is 0 Å². The fourth-order valence-corrected chi connectivity index (χ4v) is 7.92. The summed E-state index contributed by atoms with van der Waals surface area (Å²) >= 11 is 0. The maximum absolute atomic E-state index is 13.2. The molecule has 3 saturated heterocycles. The van der Waals surface area contributed by atoms with E-state index in [0.717, 1.165) is 50.1 Å². The van der Waals surface area contributed by atoms with Crippen LogP contribution in [-0.4, -0.2) is 47.7 Å². The van der Waals surface area contributed by atoms with Gasteiger partial charge in [-0.3, -0.25) is 9.69 Å². The Morgan fingerprint density at radius 1 is 1.12 bits per heavy atom. The maximum Gasteiger partial charge on any atom is 0.251 e. The molecule has 4 atom stereocenters. The Bertz CT molecular complexity index is 1100. The number of ether oxygens (including phenoxy) is 1. The normalized spacial score (nSPS) is 36.7. The average Bonchev–Trinajstić information content (AvgIpc) is 3.66. The molecule has 6 aliphatic rings. The number of likely N-dealkylation sites (tertiary alicyclic amines) is 1.